The van der Waals surface area contributed by atoms with E-state index in [1.54, 1.807) is 34.9 Å². The number of carbonyl (C=O) groups excluding carboxylic acids is 1. The van der Waals surface area contributed by atoms with Gasteiger partial charge in [-0.1, -0.05) is 73.0 Å². The van der Waals surface area contributed by atoms with Crippen molar-refractivity contribution in [3.8, 4) is 0 Å². The highest BCUT2D eigenvalue weighted by Gasteiger charge is 2.14. The van der Waals surface area contributed by atoms with E-state index in [1.165, 1.54) is 17.8 Å². The van der Waals surface area contributed by atoms with Crippen LogP contribution < -0.4 is 0 Å². The van der Waals surface area contributed by atoms with E-state index in [-0.39, 0.29) is 5.12 Å². The quantitative estimate of drug-likeness (QED) is 0.494. The molecule has 1 unspecified atom stereocenters. The SMILES string of the molecule is C=CC(=O)SC(CCCC)CSc1nnc(SC)s1. The number of aromatic nitrogens is 2. The molecule has 1 heterocycles. The summed E-state index contributed by atoms with van der Waals surface area (Å²) in [5.74, 6) is 0.896. The van der Waals surface area contributed by atoms with Gasteiger partial charge in [-0.15, -0.1) is 10.2 Å². The molecule has 0 saturated heterocycles. The van der Waals surface area contributed by atoms with Crippen LogP contribution in [-0.2, 0) is 4.79 Å². The second-order valence-electron chi connectivity index (χ2n) is 3.75. The molecule has 1 aromatic rings. The first kappa shape index (κ1) is 17.1. The lowest BCUT2D eigenvalue weighted by Gasteiger charge is -2.12. The van der Waals surface area contributed by atoms with Crippen molar-refractivity contribution in [2.24, 2.45) is 0 Å². The van der Waals surface area contributed by atoms with Crippen molar-refractivity contribution in [1.82, 2.24) is 10.2 Å². The molecule has 19 heavy (non-hydrogen) atoms. The van der Waals surface area contributed by atoms with Crippen LogP contribution in [0.5, 0.6) is 0 Å². The summed E-state index contributed by atoms with van der Waals surface area (Å²) in [6, 6.07) is 0. The highest BCUT2D eigenvalue weighted by atomic mass is 32.2. The summed E-state index contributed by atoms with van der Waals surface area (Å²) < 4.78 is 1.97. The normalized spacial score (nSPS) is 12.3. The van der Waals surface area contributed by atoms with E-state index in [0.717, 1.165) is 33.7 Å². The van der Waals surface area contributed by atoms with Crippen LogP contribution in [0.2, 0.25) is 0 Å². The van der Waals surface area contributed by atoms with Gasteiger partial charge in [0.2, 0.25) is 5.12 Å². The van der Waals surface area contributed by atoms with Crippen LogP contribution in [0.1, 0.15) is 26.2 Å². The van der Waals surface area contributed by atoms with Gasteiger partial charge in [0, 0.05) is 11.0 Å². The number of hydrogen-bond acceptors (Lipinski definition) is 7. The monoisotopic (exact) mass is 334 g/mol. The van der Waals surface area contributed by atoms with E-state index in [4.69, 9.17) is 0 Å². The van der Waals surface area contributed by atoms with Crippen LogP contribution in [0.25, 0.3) is 0 Å². The lowest BCUT2D eigenvalue weighted by molar-refractivity contribution is -0.107. The van der Waals surface area contributed by atoms with Gasteiger partial charge in [0.05, 0.1) is 0 Å². The molecule has 3 nitrogen and oxygen atoms in total. The molecular weight excluding hydrogens is 316 g/mol. The number of hydrogen-bond donors (Lipinski definition) is 0. The maximum absolute atomic E-state index is 11.5. The average molecular weight is 335 g/mol. The van der Waals surface area contributed by atoms with Gasteiger partial charge >= 0.3 is 0 Å². The number of nitrogens with zero attached hydrogens (tertiary/aromatic N) is 2. The Hall–Kier alpha value is 0.0200. The number of rotatable bonds is 9. The Morgan fingerprint density at radius 3 is 2.79 bits per heavy atom. The molecule has 7 heteroatoms. The molecule has 0 saturated carbocycles. The van der Waals surface area contributed by atoms with Crippen molar-refractivity contribution in [3.63, 3.8) is 0 Å². The summed E-state index contributed by atoms with van der Waals surface area (Å²) >= 11 is 6.31. The topological polar surface area (TPSA) is 42.9 Å². The molecule has 0 spiro atoms. The summed E-state index contributed by atoms with van der Waals surface area (Å²) in [6.45, 7) is 5.69. The van der Waals surface area contributed by atoms with Crippen molar-refractivity contribution < 1.29 is 4.79 Å². The van der Waals surface area contributed by atoms with Gasteiger partial charge in [-0.05, 0) is 18.8 Å². The molecule has 106 valence electrons. The van der Waals surface area contributed by atoms with Crippen molar-refractivity contribution in [1.29, 1.82) is 0 Å². The summed E-state index contributed by atoms with van der Waals surface area (Å²) in [6.07, 6.45) is 6.75. The molecule has 1 aromatic heterocycles. The van der Waals surface area contributed by atoms with Gasteiger partial charge in [0.1, 0.15) is 0 Å². The molecule has 0 aliphatic carbocycles. The first-order valence-corrected chi connectivity index (χ1v) is 9.93. The fourth-order valence-electron chi connectivity index (χ4n) is 1.32. The van der Waals surface area contributed by atoms with Crippen molar-refractivity contribution >= 4 is 51.7 Å². The highest BCUT2D eigenvalue weighted by Crippen LogP contribution is 2.31. The standard InChI is InChI=1S/C12H18N2OS4/c1-4-6-7-9(18-10(15)5-2)8-17-12-14-13-11(16-3)19-12/h5,9H,2,4,6-8H2,1,3H3. The molecule has 0 aliphatic heterocycles. The lowest BCUT2D eigenvalue weighted by Crippen LogP contribution is -2.09. The van der Waals surface area contributed by atoms with E-state index in [9.17, 15) is 4.79 Å². The molecular formula is C12H18N2OS4. The lowest BCUT2D eigenvalue weighted by atomic mass is 10.2. The van der Waals surface area contributed by atoms with E-state index in [2.05, 4.69) is 23.7 Å². The number of carbonyl (C=O) groups is 1. The van der Waals surface area contributed by atoms with E-state index < -0.39 is 0 Å². The largest absolute Gasteiger partial charge is 0.282 e. The predicted octanol–water partition coefficient (Wildman–Crippen LogP) is 4.36. The Bertz CT molecular complexity index is 408. The number of unbranched alkanes of at least 4 members (excludes halogenated alkanes) is 1. The smallest absolute Gasteiger partial charge is 0.211 e. The minimum Gasteiger partial charge on any atom is -0.282 e. The van der Waals surface area contributed by atoms with Crippen LogP contribution in [0.15, 0.2) is 21.3 Å². The maximum Gasteiger partial charge on any atom is 0.211 e. The minimum absolute atomic E-state index is 0.0590. The van der Waals surface area contributed by atoms with Crippen LogP contribution >= 0.6 is 46.6 Å². The Kier molecular flexibility index (Phi) is 8.85. The average Bonchev–Trinajstić information content (AvgIpc) is 2.89. The molecule has 0 aromatic carbocycles. The third-order valence-corrected chi connectivity index (χ3v) is 6.82. The minimum atomic E-state index is 0.0590. The van der Waals surface area contributed by atoms with E-state index in [0.29, 0.717) is 5.25 Å². The summed E-state index contributed by atoms with van der Waals surface area (Å²) in [7, 11) is 0. The first-order valence-electron chi connectivity index (χ1n) is 6.03. The van der Waals surface area contributed by atoms with E-state index >= 15 is 0 Å². The zero-order chi connectivity index (χ0) is 14.1. The molecule has 0 bridgehead atoms. The Labute approximate surface area is 131 Å². The molecule has 0 radical (unpaired) electrons. The summed E-state index contributed by atoms with van der Waals surface area (Å²) in [5, 5.41) is 8.60. The Morgan fingerprint density at radius 1 is 1.47 bits per heavy atom. The summed E-state index contributed by atoms with van der Waals surface area (Å²) in [5.41, 5.74) is 0. The van der Waals surface area contributed by atoms with Crippen molar-refractivity contribution in [3.05, 3.63) is 12.7 Å². The van der Waals surface area contributed by atoms with Crippen LogP contribution in [-0.4, -0.2) is 32.6 Å². The Morgan fingerprint density at radius 2 is 2.21 bits per heavy atom. The fourth-order valence-corrected chi connectivity index (χ4v) is 4.94. The van der Waals surface area contributed by atoms with Crippen molar-refractivity contribution in [2.75, 3.05) is 12.0 Å². The molecule has 0 fully saturated rings. The zero-order valence-corrected chi connectivity index (χ0v) is 14.4. The third kappa shape index (κ3) is 6.83. The highest BCUT2D eigenvalue weighted by molar-refractivity contribution is 8.15. The molecule has 0 amide bonds. The molecule has 0 N–H and O–H groups in total. The molecule has 1 rings (SSSR count). The van der Waals surface area contributed by atoms with Gasteiger partial charge in [-0.2, -0.15) is 0 Å². The maximum atomic E-state index is 11.5. The third-order valence-electron chi connectivity index (χ3n) is 2.28. The van der Waals surface area contributed by atoms with Gasteiger partial charge in [-0.25, -0.2) is 0 Å². The van der Waals surface area contributed by atoms with Gasteiger partial charge in [0.25, 0.3) is 0 Å². The number of thioether (sulfide) groups is 3. The molecule has 1 atom stereocenters. The van der Waals surface area contributed by atoms with Crippen molar-refractivity contribution in [2.45, 2.75) is 40.1 Å². The van der Waals surface area contributed by atoms with Gasteiger partial charge < -0.3 is 0 Å². The summed E-state index contributed by atoms with van der Waals surface area (Å²) in [4.78, 5) is 11.5. The second kappa shape index (κ2) is 9.85. The first-order chi connectivity index (χ1) is 9.19. The van der Waals surface area contributed by atoms with E-state index in [1.807, 2.05) is 6.26 Å². The molecule has 0 aliphatic rings. The predicted molar refractivity (Wildman–Crippen MR) is 88.5 cm³/mol. The Balaban J connectivity index is 2.46. The zero-order valence-electron chi connectivity index (χ0n) is 11.1. The fraction of sp³-hybridized carbons (Fsp3) is 0.583. The van der Waals surface area contributed by atoms with Crippen LogP contribution in [0.4, 0.5) is 0 Å². The van der Waals surface area contributed by atoms with Gasteiger partial charge in [-0.3, -0.25) is 4.79 Å². The van der Waals surface area contributed by atoms with Gasteiger partial charge in [0.15, 0.2) is 8.68 Å². The van der Waals surface area contributed by atoms with Crippen LogP contribution in [0, 0.1) is 0 Å². The van der Waals surface area contributed by atoms with Crippen LogP contribution in [0.3, 0.4) is 0 Å². The second-order valence-corrected chi connectivity index (χ2v) is 8.36.